The van der Waals surface area contributed by atoms with Crippen LogP contribution in [0.15, 0.2) is 30.5 Å². The number of carbonyl (C=O) groups is 2. The van der Waals surface area contributed by atoms with E-state index in [2.05, 4.69) is 4.98 Å². The van der Waals surface area contributed by atoms with E-state index in [-0.39, 0.29) is 49.2 Å². The molecule has 1 atom stereocenters. The molecule has 40 heavy (non-hydrogen) atoms. The van der Waals surface area contributed by atoms with Gasteiger partial charge in [0.1, 0.15) is 29.7 Å². The fourth-order valence-corrected chi connectivity index (χ4v) is 4.93. The highest BCUT2D eigenvalue weighted by atomic mass is 35.5. The van der Waals surface area contributed by atoms with Crippen molar-refractivity contribution in [3.05, 3.63) is 46.6 Å². The maximum Gasteiger partial charge on any atom is 0.422 e. The van der Waals surface area contributed by atoms with Gasteiger partial charge in [-0.3, -0.25) is 4.79 Å². The van der Waals surface area contributed by atoms with Crippen LogP contribution < -0.4 is 19.9 Å². The van der Waals surface area contributed by atoms with Gasteiger partial charge in [0, 0.05) is 38.0 Å². The minimum atomic E-state index is -4.67. The van der Waals surface area contributed by atoms with Gasteiger partial charge in [0.05, 0.1) is 18.1 Å². The number of pyridine rings is 1. The lowest BCUT2D eigenvalue weighted by Crippen LogP contribution is -2.49. The van der Waals surface area contributed by atoms with Crippen molar-refractivity contribution < 1.29 is 50.1 Å². The molecule has 2 aromatic rings. The molecule has 0 saturated carbocycles. The Morgan fingerprint density at radius 3 is 2.65 bits per heavy atom. The lowest BCUT2D eigenvalue weighted by Gasteiger charge is -2.29. The number of hydrogen-bond acceptors (Lipinski definition) is 9. The highest BCUT2D eigenvalue weighted by Gasteiger charge is 2.33. The summed E-state index contributed by atoms with van der Waals surface area (Å²) >= 11 is 5.95. The molecule has 0 bridgehead atoms. The van der Waals surface area contributed by atoms with E-state index in [1.807, 2.05) is 0 Å². The zero-order valence-electron chi connectivity index (χ0n) is 21.1. The molecule has 1 aliphatic rings. The van der Waals surface area contributed by atoms with Crippen LogP contribution in [0.5, 0.6) is 17.4 Å². The Balaban J connectivity index is 1.74. The molecule has 1 aromatic carbocycles. The fraction of sp³-hybridized carbons (Fsp3) is 0.435. The third-order valence-electron chi connectivity index (χ3n) is 5.63. The summed E-state index contributed by atoms with van der Waals surface area (Å²) in [7, 11) is -2.86. The number of benzene rings is 1. The van der Waals surface area contributed by atoms with Crippen LogP contribution in [-0.2, 0) is 37.3 Å². The predicted molar refractivity (Wildman–Crippen MR) is 134 cm³/mol. The molecule has 12 nitrogen and oxygen atoms in total. The Morgan fingerprint density at radius 1 is 1.25 bits per heavy atom. The van der Waals surface area contributed by atoms with E-state index in [4.69, 9.17) is 36.3 Å². The van der Waals surface area contributed by atoms with E-state index >= 15 is 0 Å². The monoisotopic (exact) mass is 610 g/mol. The van der Waals surface area contributed by atoms with Gasteiger partial charge in [0.25, 0.3) is 0 Å². The number of rotatable bonds is 11. The Labute approximate surface area is 232 Å². The number of halogens is 4. The van der Waals surface area contributed by atoms with Crippen LogP contribution in [0.1, 0.15) is 24.0 Å². The molecule has 2 amide bonds. The molecule has 17 heteroatoms. The van der Waals surface area contributed by atoms with Gasteiger partial charge in [0.2, 0.25) is 11.8 Å². The maximum atomic E-state index is 13.0. The van der Waals surface area contributed by atoms with Crippen LogP contribution in [0.25, 0.3) is 0 Å². The molecule has 1 saturated heterocycles. The standard InChI is InChI=1S/C23H26ClF3N4O8S/c1-36-7-8-37-17-5-4-15(19(10-17)39-21-18(24)9-16(11-29-21)23(25,26)27)13-38-22(33)30-40(34,35)31-6-2-3-14(12-31)20(28)32/h4-5,9-11,14H,2-3,6-8,12-13H2,1H3,(H2,28,32)(H,30,33). The summed E-state index contributed by atoms with van der Waals surface area (Å²) in [6.45, 7) is -0.188. The summed E-state index contributed by atoms with van der Waals surface area (Å²) in [6.07, 6.45) is -4.65. The topological polar surface area (TPSA) is 159 Å². The van der Waals surface area contributed by atoms with E-state index in [1.165, 1.54) is 25.3 Å². The predicted octanol–water partition coefficient (Wildman–Crippen LogP) is 3.24. The van der Waals surface area contributed by atoms with Crippen LogP contribution >= 0.6 is 11.6 Å². The Morgan fingerprint density at radius 2 is 2.00 bits per heavy atom. The van der Waals surface area contributed by atoms with E-state index in [0.29, 0.717) is 25.1 Å². The summed E-state index contributed by atoms with van der Waals surface area (Å²) in [6, 6.07) is 4.92. The molecule has 0 spiro atoms. The van der Waals surface area contributed by atoms with Gasteiger partial charge in [-0.15, -0.1) is 0 Å². The quantitative estimate of drug-likeness (QED) is 0.364. The van der Waals surface area contributed by atoms with E-state index < -0.39 is 51.5 Å². The first-order chi connectivity index (χ1) is 18.8. The van der Waals surface area contributed by atoms with Crippen molar-refractivity contribution in [3.63, 3.8) is 0 Å². The molecule has 0 radical (unpaired) electrons. The van der Waals surface area contributed by atoms with Gasteiger partial charge in [-0.05, 0) is 31.0 Å². The largest absolute Gasteiger partial charge is 0.491 e. The molecule has 1 unspecified atom stereocenters. The Bertz CT molecular complexity index is 1330. The third-order valence-corrected chi connectivity index (χ3v) is 7.34. The van der Waals surface area contributed by atoms with Gasteiger partial charge in [-0.2, -0.15) is 25.9 Å². The van der Waals surface area contributed by atoms with Crippen LogP contribution in [0.3, 0.4) is 0 Å². The molecule has 3 rings (SSSR count). The number of aromatic nitrogens is 1. The van der Waals surface area contributed by atoms with Crippen molar-refractivity contribution in [2.75, 3.05) is 33.4 Å². The molecular weight excluding hydrogens is 585 g/mol. The minimum absolute atomic E-state index is 0.0416. The van der Waals surface area contributed by atoms with Gasteiger partial charge in [0.15, 0.2) is 0 Å². The average Bonchev–Trinajstić information content (AvgIpc) is 2.88. The van der Waals surface area contributed by atoms with Crippen LogP contribution in [-0.4, -0.2) is 63.1 Å². The summed E-state index contributed by atoms with van der Waals surface area (Å²) in [4.78, 5) is 27.4. The zero-order valence-corrected chi connectivity index (χ0v) is 22.6. The van der Waals surface area contributed by atoms with Crippen molar-refractivity contribution in [2.24, 2.45) is 11.7 Å². The van der Waals surface area contributed by atoms with Crippen molar-refractivity contribution >= 4 is 33.8 Å². The van der Waals surface area contributed by atoms with Crippen molar-refractivity contribution in [1.82, 2.24) is 14.0 Å². The van der Waals surface area contributed by atoms with Crippen LogP contribution in [0.2, 0.25) is 5.02 Å². The molecule has 1 fully saturated rings. The number of carbonyl (C=O) groups excluding carboxylic acids is 2. The highest BCUT2D eigenvalue weighted by Crippen LogP contribution is 2.36. The summed E-state index contributed by atoms with van der Waals surface area (Å²) in [5.74, 6) is -1.46. The Hall–Kier alpha value is -3.34. The number of nitrogens with two attached hydrogens (primary N) is 1. The average molecular weight is 611 g/mol. The normalized spacial score (nSPS) is 16.3. The number of amides is 2. The fourth-order valence-electron chi connectivity index (χ4n) is 3.58. The minimum Gasteiger partial charge on any atom is -0.491 e. The first kappa shape index (κ1) is 31.2. The number of ether oxygens (including phenoxy) is 4. The second kappa shape index (κ2) is 13.3. The van der Waals surface area contributed by atoms with Crippen LogP contribution in [0, 0.1) is 5.92 Å². The van der Waals surface area contributed by atoms with Gasteiger partial charge < -0.3 is 24.7 Å². The van der Waals surface area contributed by atoms with E-state index in [9.17, 15) is 31.2 Å². The lowest BCUT2D eigenvalue weighted by molar-refractivity contribution is -0.137. The molecule has 0 aliphatic carbocycles. The van der Waals surface area contributed by atoms with E-state index in [1.54, 1.807) is 4.72 Å². The summed E-state index contributed by atoms with van der Waals surface area (Å²) in [5.41, 5.74) is 4.37. The maximum absolute atomic E-state index is 13.0. The molecule has 2 heterocycles. The molecule has 1 aliphatic heterocycles. The SMILES string of the molecule is COCCOc1ccc(COC(=O)NS(=O)(=O)N2CCCC(C(N)=O)C2)c(Oc2ncc(C(F)(F)F)cc2Cl)c1. The third kappa shape index (κ3) is 8.58. The number of primary amides is 1. The number of piperidine rings is 1. The number of nitrogens with one attached hydrogen (secondary N) is 1. The molecule has 1 aromatic heterocycles. The number of hydrogen-bond donors (Lipinski definition) is 2. The van der Waals surface area contributed by atoms with Crippen molar-refractivity contribution in [1.29, 1.82) is 0 Å². The van der Waals surface area contributed by atoms with Gasteiger partial charge in [-0.25, -0.2) is 14.5 Å². The highest BCUT2D eigenvalue weighted by molar-refractivity contribution is 7.87. The number of methoxy groups -OCH3 is 1. The molecular formula is C23H26ClF3N4O8S. The van der Waals surface area contributed by atoms with Crippen molar-refractivity contribution in [3.8, 4) is 17.4 Å². The van der Waals surface area contributed by atoms with E-state index in [0.717, 1.165) is 4.31 Å². The second-order valence-electron chi connectivity index (χ2n) is 8.50. The summed E-state index contributed by atoms with van der Waals surface area (Å²) in [5, 5.41) is -0.438. The lowest BCUT2D eigenvalue weighted by atomic mass is 9.99. The Kier molecular flexibility index (Phi) is 10.4. The van der Waals surface area contributed by atoms with Gasteiger partial charge >= 0.3 is 22.5 Å². The van der Waals surface area contributed by atoms with Gasteiger partial charge in [-0.1, -0.05) is 11.6 Å². The van der Waals surface area contributed by atoms with Crippen molar-refractivity contribution in [2.45, 2.75) is 25.6 Å². The molecule has 220 valence electrons. The summed E-state index contributed by atoms with van der Waals surface area (Å²) < 4.78 is 87.9. The number of nitrogens with zero attached hydrogens (tertiary/aromatic N) is 2. The second-order valence-corrected chi connectivity index (χ2v) is 10.6. The number of alkyl halides is 3. The smallest absolute Gasteiger partial charge is 0.422 e. The first-order valence-electron chi connectivity index (χ1n) is 11.7. The zero-order chi connectivity index (χ0) is 29.5. The van der Waals surface area contributed by atoms with Crippen LogP contribution in [0.4, 0.5) is 18.0 Å². The first-order valence-corrected chi connectivity index (χ1v) is 13.5. The molecule has 3 N–H and O–H groups in total.